The van der Waals surface area contributed by atoms with Crippen molar-refractivity contribution in [2.24, 2.45) is 7.05 Å². The van der Waals surface area contributed by atoms with Crippen molar-refractivity contribution >= 4 is 0 Å². The minimum Gasteiger partial charge on any atom is -0.385 e. The molecular formula is C12H21N3O. The molecule has 1 aliphatic heterocycles. The zero-order valence-corrected chi connectivity index (χ0v) is 10.1. The number of likely N-dealkylation sites (N-methyl/N-ethyl adjacent to an activating group) is 1. The van der Waals surface area contributed by atoms with Gasteiger partial charge in [-0.05, 0) is 32.0 Å². The number of hydrogen-bond acceptors (Lipinski definition) is 3. The molecule has 1 aromatic rings. The summed E-state index contributed by atoms with van der Waals surface area (Å²) in [4.78, 5) is 2.38. The summed E-state index contributed by atoms with van der Waals surface area (Å²) in [6.07, 6.45) is 4.89. The SMILES string of the molecule is CCN1CCCC[C@H]1[C@H](O)c1ccnn1C. The predicted molar refractivity (Wildman–Crippen MR) is 63.1 cm³/mol. The second-order valence-corrected chi connectivity index (χ2v) is 4.52. The van der Waals surface area contributed by atoms with Crippen LogP contribution in [-0.2, 0) is 7.05 Å². The van der Waals surface area contributed by atoms with Crippen molar-refractivity contribution in [3.63, 3.8) is 0 Å². The molecule has 1 fully saturated rings. The van der Waals surface area contributed by atoms with E-state index in [4.69, 9.17) is 0 Å². The van der Waals surface area contributed by atoms with Gasteiger partial charge in [0.05, 0.1) is 5.69 Å². The van der Waals surface area contributed by atoms with Crippen LogP contribution in [0.2, 0.25) is 0 Å². The largest absolute Gasteiger partial charge is 0.385 e. The van der Waals surface area contributed by atoms with Crippen molar-refractivity contribution in [2.75, 3.05) is 13.1 Å². The van der Waals surface area contributed by atoms with E-state index in [-0.39, 0.29) is 6.04 Å². The van der Waals surface area contributed by atoms with Gasteiger partial charge in [-0.15, -0.1) is 0 Å². The molecule has 1 aromatic heterocycles. The molecule has 1 N–H and O–H groups in total. The Bertz CT molecular complexity index is 337. The van der Waals surface area contributed by atoms with Crippen LogP contribution in [0.4, 0.5) is 0 Å². The highest BCUT2D eigenvalue weighted by atomic mass is 16.3. The Morgan fingerprint density at radius 1 is 1.56 bits per heavy atom. The van der Waals surface area contributed by atoms with Gasteiger partial charge >= 0.3 is 0 Å². The van der Waals surface area contributed by atoms with Gasteiger partial charge in [-0.3, -0.25) is 9.58 Å². The van der Waals surface area contributed by atoms with Crippen molar-refractivity contribution in [3.05, 3.63) is 18.0 Å². The lowest BCUT2D eigenvalue weighted by Gasteiger charge is -2.37. The van der Waals surface area contributed by atoms with Crippen LogP contribution in [0.25, 0.3) is 0 Å². The first-order valence-electron chi connectivity index (χ1n) is 6.14. The topological polar surface area (TPSA) is 41.3 Å². The number of aryl methyl sites for hydroxylation is 1. The van der Waals surface area contributed by atoms with E-state index < -0.39 is 6.10 Å². The molecule has 16 heavy (non-hydrogen) atoms. The van der Waals surface area contributed by atoms with Gasteiger partial charge in [0.25, 0.3) is 0 Å². The van der Waals surface area contributed by atoms with Gasteiger partial charge in [-0.1, -0.05) is 13.3 Å². The third-order valence-corrected chi connectivity index (χ3v) is 3.60. The second-order valence-electron chi connectivity index (χ2n) is 4.52. The van der Waals surface area contributed by atoms with Gasteiger partial charge in [0, 0.05) is 19.3 Å². The predicted octanol–water partition coefficient (Wildman–Crippen LogP) is 1.33. The van der Waals surface area contributed by atoms with Crippen LogP contribution in [0.5, 0.6) is 0 Å². The van der Waals surface area contributed by atoms with Crippen LogP contribution in [0, 0.1) is 0 Å². The minimum absolute atomic E-state index is 0.258. The average molecular weight is 223 g/mol. The number of likely N-dealkylation sites (tertiary alicyclic amines) is 1. The lowest BCUT2D eigenvalue weighted by atomic mass is 9.95. The maximum absolute atomic E-state index is 10.4. The fraction of sp³-hybridized carbons (Fsp3) is 0.750. The molecule has 0 bridgehead atoms. The van der Waals surface area contributed by atoms with Crippen LogP contribution in [0.3, 0.4) is 0 Å². The van der Waals surface area contributed by atoms with Crippen molar-refractivity contribution in [1.82, 2.24) is 14.7 Å². The van der Waals surface area contributed by atoms with E-state index >= 15 is 0 Å². The Labute approximate surface area is 96.9 Å². The summed E-state index contributed by atoms with van der Waals surface area (Å²) < 4.78 is 1.77. The van der Waals surface area contributed by atoms with E-state index in [0.29, 0.717) is 0 Å². The molecule has 4 nitrogen and oxygen atoms in total. The third kappa shape index (κ3) is 2.13. The summed E-state index contributed by atoms with van der Waals surface area (Å²) in [5.74, 6) is 0. The molecule has 0 aromatic carbocycles. The molecule has 4 heteroatoms. The maximum Gasteiger partial charge on any atom is 0.111 e. The standard InChI is InChI=1S/C12H21N3O/c1-3-15-9-5-4-6-11(15)12(16)10-7-8-13-14(10)2/h7-8,11-12,16H,3-6,9H2,1-2H3/t11-,12+/m0/s1. The first kappa shape index (κ1) is 11.6. The monoisotopic (exact) mass is 223 g/mol. The Morgan fingerprint density at radius 3 is 3.00 bits per heavy atom. The van der Waals surface area contributed by atoms with E-state index in [0.717, 1.165) is 25.2 Å². The number of piperidine rings is 1. The van der Waals surface area contributed by atoms with Gasteiger partial charge in [-0.2, -0.15) is 5.10 Å². The quantitative estimate of drug-likeness (QED) is 0.840. The second kappa shape index (κ2) is 4.97. The molecule has 0 aliphatic carbocycles. The molecule has 2 heterocycles. The zero-order chi connectivity index (χ0) is 11.5. The molecule has 0 spiro atoms. The van der Waals surface area contributed by atoms with Crippen LogP contribution in [0.1, 0.15) is 38.0 Å². The van der Waals surface area contributed by atoms with Gasteiger partial charge in [-0.25, -0.2) is 0 Å². The molecule has 0 radical (unpaired) electrons. The first-order valence-corrected chi connectivity index (χ1v) is 6.14. The Balaban J connectivity index is 2.13. The molecule has 1 saturated heterocycles. The van der Waals surface area contributed by atoms with Crippen molar-refractivity contribution in [2.45, 2.75) is 38.3 Å². The summed E-state index contributed by atoms with van der Waals surface area (Å²) in [6, 6.07) is 2.17. The Kier molecular flexibility index (Phi) is 3.61. The van der Waals surface area contributed by atoms with E-state index in [1.807, 2.05) is 13.1 Å². The highest BCUT2D eigenvalue weighted by molar-refractivity contribution is 5.07. The fourth-order valence-electron chi connectivity index (χ4n) is 2.64. The van der Waals surface area contributed by atoms with Crippen LogP contribution < -0.4 is 0 Å². The lowest BCUT2D eigenvalue weighted by Crippen LogP contribution is -2.43. The number of hydrogen-bond donors (Lipinski definition) is 1. The van der Waals surface area contributed by atoms with Crippen molar-refractivity contribution in [3.8, 4) is 0 Å². The van der Waals surface area contributed by atoms with E-state index in [1.165, 1.54) is 12.8 Å². The van der Waals surface area contributed by atoms with Gasteiger partial charge in [0.2, 0.25) is 0 Å². The van der Waals surface area contributed by atoms with E-state index in [9.17, 15) is 5.11 Å². The summed E-state index contributed by atoms with van der Waals surface area (Å²) in [5.41, 5.74) is 0.922. The zero-order valence-electron chi connectivity index (χ0n) is 10.1. The Hall–Kier alpha value is -0.870. The maximum atomic E-state index is 10.4. The summed E-state index contributed by atoms with van der Waals surface area (Å²) in [5, 5.41) is 14.5. The number of rotatable bonds is 3. The highest BCUT2D eigenvalue weighted by Crippen LogP contribution is 2.27. The summed E-state index contributed by atoms with van der Waals surface area (Å²) in [6.45, 7) is 4.28. The molecular weight excluding hydrogens is 202 g/mol. The number of aliphatic hydroxyl groups excluding tert-OH is 1. The van der Waals surface area contributed by atoms with Gasteiger partial charge < -0.3 is 5.11 Å². The summed E-state index contributed by atoms with van der Waals surface area (Å²) in [7, 11) is 1.89. The smallest absolute Gasteiger partial charge is 0.111 e. The van der Waals surface area contributed by atoms with E-state index in [2.05, 4.69) is 16.9 Å². The number of nitrogens with zero attached hydrogens (tertiary/aromatic N) is 3. The molecule has 1 aliphatic rings. The number of aliphatic hydroxyl groups is 1. The van der Waals surface area contributed by atoms with Crippen molar-refractivity contribution in [1.29, 1.82) is 0 Å². The van der Waals surface area contributed by atoms with Crippen LogP contribution in [-0.4, -0.2) is 38.9 Å². The average Bonchev–Trinajstić information content (AvgIpc) is 2.74. The molecule has 2 rings (SSSR count). The van der Waals surface area contributed by atoms with Gasteiger partial charge in [0.1, 0.15) is 6.10 Å². The van der Waals surface area contributed by atoms with Crippen LogP contribution >= 0.6 is 0 Å². The molecule has 90 valence electrons. The molecule has 0 amide bonds. The number of aromatic nitrogens is 2. The molecule has 0 unspecified atom stereocenters. The highest BCUT2D eigenvalue weighted by Gasteiger charge is 2.29. The summed E-state index contributed by atoms with van der Waals surface area (Å²) >= 11 is 0. The van der Waals surface area contributed by atoms with E-state index in [1.54, 1.807) is 10.9 Å². The lowest BCUT2D eigenvalue weighted by molar-refractivity contribution is 0.0235. The molecule has 2 atom stereocenters. The first-order chi connectivity index (χ1) is 7.74. The minimum atomic E-state index is -0.409. The van der Waals surface area contributed by atoms with Crippen molar-refractivity contribution < 1.29 is 5.11 Å². The van der Waals surface area contributed by atoms with Gasteiger partial charge in [0.15, 0.2) is 0 Å². The Morgan fingerprint density at radius 2 is 2.38 bits per heavy atom. The normalized spacial score (nSPS) is 24.6. The van der Waals surface area contributed by atoms with Crippen LogP contribution in [0.15, 0.2) is 12.3 Å². The molecule has 0 saturated carbocycles. The fourth-order valence-corrected chi connectivity index (χ4v) is 2.64. The third-order valence-electron chi connectivity index (χ3n) is 3.60.